The average Bonchev–Trinajstić information content (AvgIpc) is 2.74. The first kappa shape index (κ1) is 23.0. The molecule has 0 radical (unpaired) electrons. The highest BCUT2D eigenvalue weighted by Gasteiger charge is 2.29. The van der Waals surface area contributed by atoms with Gasteiger partial charge in [0.25, 0.3) is 5.69 Å². The number of nitrogens with one attached hydrogen (secondary N) is 1. The van der Waals surface area contributed by atoms with Crippen LogP contribution in [0.1, 0.15) is 23.1 Å². The van der Waals surface area contributed by atoms with Crippen molar-refractivity contribution in [3.8, 4) is 0 Å². The topological polar surface area (TPSA) is 95.8 Å². The van der Waals surface area contributed by atoms with Gasteiger partial charge in [0.1, 0.15) is 5.02 Å². The minimum atomic E-state index is -3.92. The molecule has 1 heterocycles. The summed E-state index contributed by atoms with van der Waals surface area (Å²) < 4.78 is 28.8. The summed E-state index contributed by atoms with van der Waals surface area (Å²) in [6.07, 6.45) is 2.05. The zero-order chi connectivity index (χ0) is 23.0. The zero-order valence-electron chi connectivity index (χ0n) is 18.2. The number of hydrogen-bond acceptors (Lipinski definition) is 6. The second-order valence-corrected chi connectivity index (χ2v) is 10.7. The van der Waals surface area contributed by atoms with E-state index in [1.807, 2.05) is 0 Å². The summed E-state index contributed by atoms with van der Waals surface area (Å²) in [4.78, 5) is 15.0. The first-order chi connectivity index (χ1) is 15.2. The second-order valence-electron chi connectivity index (χ2n) is 8.58. The number of nitrogens with zero attached hydrogens (tertiary/aromatic N) is 3. The van der Waals surface area contributed by atoms with Crippen molar-refractivity contribution in [3.05, 3.63) is 62.2 Å². The SMILES string of the molecule is Cc1ccc(N2CCN(C)CC2)c2c1CC[C@@H](NS(=O)(=O)c1ccc(Cl)c([N+](=O)[O-])c1)C2. The predicted molar refractivity (Wildman–Crippen MR) is 125 cm³/mol. The van der Waals surface area contributed by atoms with Crippen molar-refractivity contribution < 1.29 is 13.3 Å². The van der Waals surface area contributed by atoms with Crippen molar-refractivity contribution in [1.29, 1.82) is 0 Å². The lowest BCUT2D eigenvalue weighted by atomic mass is 9.84. The van der Waals surface area contributed by atoms with Gasteiger partial charge in [-0.25, -0.2) is 13.1 Å². The fourth-order valence-electron chi connectivity index (χ4n) is 4.57. The Labute approximate surface area is 193 Å². The molecule has 1 saturated heterocycles. The number of nitro groups is 1. The molecule has 0 amide bonds. The number of anilines is 1. The molecule has 8 nitrogen and oxygen atoms in total. The molecule has 32 heavy (non-hydrogen) atoms. The van der Waals surface area contributed by atoms with Gasteiger partial charge in [-0.15, -0.1) is 0 Å². The maximum Gasteiger partial charge on any atom is 0.289 e. The van der Waals surface area contributed by atoms with Gasteiger partial charge in [-0.2, -0.15) is 0 Å². The number of hydrogen-bond donors (Lipinski definition) is 1. The normalized spacial score (nSPS) is 19.6. The number of aryl methyl sites for hydroxylation is 1. The highest BCUT2D eigenvalue weighted by molar-refractivity contribution is 7.89. The molecule has 1 atom stereocenters. The molecular weight excluding hydrogens is 452 g/mol. The fourth-order valence-corrected chi connectivity index (χ4v) is 6.05. The van der Waals surface area contributed by atoms with E-state index in [-0.39, 0.29) is 16.0 Å². The van der Waals surface area contributed by atoms with Crippen LogP contribution in [-0.4, -0.2) is 57.5 Å². The standard InChI is InChI=1S/C22H27ClN4O4S/c1-15-3-8-21(26-11-9-25(2)10-12-26)19-13-16(4-6-18(15)19)24-32(30,31)17-5-7-20(23)22(14-17)27(28)29/h3,5,7-8,14,16,24H,4,6,9-13H2,1-2H3/t16-/m1/s1. The Hall–Kier alpha value is -2.20. The Balaban J connectivity index is 1.58. The van der Waals surface area contributed by atoms with Crippen molar-refractivity contribution in [1.82, 2.24) is 9.62 Å². The minimum absolute atomic E-state index is 0.0900. The van der Waals surface area contributed by atoms with Crippen molar-refractivity contribution in [2.75, 3.05) is 38.1 Å². The van der Waals surface area contributed by atoms with Gasteiger partial charge in [0.05, 0.1) is 9.82 Å². The van der Waals surface area contributed by atoms with Crippen molar-refractivity contribution in [3.63, 3.8) is 0 Å². The predicted octanol–water partition coefficient (Wildman–Crippen LogP) is 3.14. The Morgan fingerprint density at radius 2 is 1.84 bits per heavy atom. The van der Waals surface area contributed by atoms with E-state index in [2.05, 4.69) is 40.6 Å². The molecule has 0 aromatic heterocycles. The van der Waals surface area contributed by atoms with Gasteiger partial charge in [0, 0.05) is 44.0 Å². The summed E-state index contributed by atoms with van der Waals surface area (Å²) in [5, 5.41) is 11.1. The first-order valence-electron chi connectivity index (χ1n) is 10.7. The molecule has 0 bridgehead atoms. The van der Waals surface area contributed by atoms with Crippen LogP contribution in [0.2, 0.25) is 5.02 Å². The number of sulfonamides is 1. The van der Waals surface area contributed by atoms with Crippen molar-refractivity contribution >= 4 is 33.0 Å². The van der Waals surface area contributed by atoms with E-state index in [1.165, 1.54) is 34.5 Å². The quantitative estimate of drug-likeness (QED) is 0.524. The van der Waals surface area contributed by atoms with Crippen LogP contribution in [0, 0.1) is 17.0 Å². The third-order valence-corrected chi connectivity index (χ3v) is 8.26. The second kappa shape index (κ2) is 8.97. The smallest absolute Gasteiger partial charge is 0.289 e. The molecule has 2 aromatic carbocycles. The molecule has 2 aromatic rings. The number of benzene rings is 2. The van der Waals surface area contributed by atoms with E-state index in [4.69, 9.17) is 11.6 Å². The summed E-state index contributed by atoms with van der Waals surface area (Å²) in [5.41, 5.74) is 4.50. The minimum Gasteiger partial charge on any atom is -0.369 e. The van der Waals surface area contributed by atoms with Gasteiger partial charge in [0.15, 0.2) is 0 Å². The number of likely N-dealkylation sites (N-methyl/N-ethyl adjacent to an activating group) is 1. The van der Waals surface area contributed by atoms with Crippen LogP contribution in [0.4, 0.5) is 11.4 Å². The lowest BCUT2D eigenvalue weighted by Gasteiger charge is -2.37. The van der Waals surface area contributed by atoms with Crippen LogP contribution in [0.3, 0.4) is 0 Å². The molecular formula is C22H27ClN4O4S. The number of halogens is 1. The Bertz CT molecular complexity index is 1150. The van der Waals surface area contributed by atoms with Gasteiger partial charge in [-0.3, -0.25) is 10.1 Å². The van der Waals surface area contributed by atoms with Crippen LogP contribution in [0.15, 0.2) is 35.2 Å². The summed E-state index contributed by atoms with van der Waals surface area (Å²) in [6.45, 7) is 5.97. The summed E-state index contributed by atoms with van der Waals surface area (Å²) in [5.74, 6) is 0. The largest absolute Gasteiger partial charge is 0.369 e. The molecule has 2 aliphatic rings. The molecule has 10 heteroatoms. The van der Waals surface area contributed by atoms with Gasteiger partial charge in [0.2, 0.25) is 10.0 Å². The molecule has 0 unspecified atom stereocenters. The van der Waals surface area contributed by atoms with E-state index in [1.54, 1.807) is 0 Å². The molecule has 0 spiro atoms. The van der Waals surface area contributed by atoms with Gasteiger partial charge in [-0.05, 0) is 68.1 Å². The zero-order valence-corrected chi connectivity index (χ0v) is 19.7. The maximum absolute atomic E-state index is 13.0. The van der Waals surface area contributed by atoms with Crippen LogP contribution in [-0.2, 0) is 22.9 Å². The van der Waals surface area contributed by atoms with Gasteiger partial charge in [-0.1, -0.05) is 17.7 Å². The number of nitro benzene ring substituents is 1. The molecule has 172 valence electrons. The Morgan fingerprint density at radius 3 is 2.53 bits per heavy atom. The lowest BCUT2D eigenvalue weighted by molar-refractivity contribution is -0.384. The highest BCUT2D eigenvalue weighted by atomic mass is 35.5. The number of rotatable bonds is 5. The van der Waals surface area contributed by atoms with Gasteiger partial charge < -0.3 is 9.80 Å². The summed E-state index contributed by atoms with van der Waals surface area (Å²) in [7, 11) is -1.80. The summed E-state index contributed by atoms with van der Waals surface area (Å²) >= 11 is 5.84. The van der Waals surface area contributed by atoms with E-state index >= 15 is 0 Å². The monoisotopic (exact) mass is 478 g/mol. The lowest BCUT2D eigenvalue weighted by Crippen LogP contribution is -2.45. The van der Waals surface area contributed by atoms with Crippen molar-refractivity contribution in [2.45, 2.75) is 37.1 Å². The molecule has 1 aliphatic carbocycles. The van der Waals surface area contributed by atoms with E-state index < -0.39 is 20.6 Å². The average molecular weight is 479 g/mol. The van der Waals surface area contributed by atoms with Crippen LogP contribution in [0.5, 0.6) is 0 Å². The van der Waals surface area contributed by atoms with Crippen molar-refractivity contribution in [2.24, 2.45) is 0 Å². The molecule has 1 aliphatic heterocycles. The van der Waals surface area contributed by atoms with Crippen LogP contribution < -0.4 is 9.62 Å². The van der Waals surface area contributed by atoms with E-state index in [0.717, 1.165) is 38.7 Å². The summed E-state index contributed by atoms with van der Waals surface area (Å²) in [6, 6.07) is 7.59. The maximum atomic E-state index is 13.0. The fraction of sp³-hybridized carbons (Fsp3) is 0.455. The van der Waals surface area contributed by atoms with Gasteiger partial charge >= 0.3 is 0 Å². The Kier molecular flexibility index (Phi) is 6.44. The Morgan fingerprint density at radius 1 is 1.12 bits per heavy atom. The molecule has 0 saturated carbocycles. The van der Waals surface area contributed by atoms with E-state index in [9.17, 15) is 18.5 Å². The molecule has 1 N–H and O–H groups in total. The van der Waals surface area contributed by atoms with Crippen LogP contribution in [0.25, 0.3) is 0 Å². The number of fused-ring (bicyclic) bond motifs is 1. The number of piperazine rings is 1. The molecule has 1 fully saturated rings. The van der Waals surface area contributed by atoms with E-state index in [0.29, 0.717) is 12.8 Å². The molecule has 4 rings (SSSR count). The highest BCUT2D eigenvalue weighted by Crippen LogP contribution is 2.34. The van der Waals surface area contributed by atoms with Crippen LogP contribution >= 0.6 is 11.6 Å². The third-order valence-electron chi connectivity index (χ3n) is 6.42. The third kappa shape index (κ3) is 4.61. The first-order valence-corrected chi connectivity index (χ1v) is 12.5.